The molecule has 2 saturated heterocycles. The van der Waals surface area contributed by atoms with Gasteiger partial charge in [-0.25, -0.2) is 0 Å². The van der Waals surface area contributed by atoms with E-state index in [1.54, 1.807) is 0 Å². The lowest BCUT2D eigenvalue weighted by molar-refractivity contribution is -0.142. The Labute approximate surface area is 106 Å². The van der Waals surface area contributed by atoms with Gasteiger partial charge in [0.25, 0.3) is 0 Å². The van der Waals surface area contributed by atoms with Crippen LogP contribution in [0.5, 0.6) is 0 Å². The summed E-state index contributed by atoms with van der Waals surface area (Å²) in [4.78, 5) is 26.3. The molecule has 4 rings (SSSR count). The fourth-order valence-corrected chi connectivity index (χ4v) is 4.14. The topological polar surface area (TPSA) is 46.6 Å². The first-order valence-electron chi connectivity index (χ1n) is 6.91. The molecule has 2 aliphatic carbocycles. The van der Waals surface area contributed by atoms with Crippen LogP contribution in [0.3, 0.4) is 0 Å². The second kappa shape index (κ2) is 3.67. The molecule has 3 fully saturated rings. The Bertz CT molecular complexity index is 408. The van der Waals surface area contributed by atoms with Gasteiger partial charge < -0.3 is 4.74 Å². The molecule has 2 amide bonds. The highest BCUT2D eigenvalue weighted by Gasteiger charge is 2.59. The number of rotatable bonds is 2. The van der Waals surface area contributed by atoms with Gasteiger partial charge in [-0.3, -0.25) is 14.5 Å². The molecule has 4 nitrogen and oxygen atoms in total. The van der Waals surface area contributed by atoms with E-state index in [0.29, 0.717) is 18.4 Å². The molecular weight excluding hydrogens is 230 g/mol. The molecule has 96 valence electrons. The van der Waals surface area contributed by atoms with Crippen molar-refractivity contribution in [3.63, 3.8) is 0 Å². The van der Waals surface area contributed by atoms with E-state index in [0.717, 1.165) is 25.9 Å². The van der Waals surface area contributed by atoms with Crippen molar-refractivity contribution < 1.29 is 14.3 Å². The first-order valence-corrected chi connectivity index (χ1v) is 6.91. The summed E-state index contributed by atoms with van der Waals surface area (Å²) in [7, 11) is 0. The summed E-state index contributed by atoms with van der Waals surface area (Å²) in [6.07, 6.45) is 7.35. The molecule has 0 aromatic rings. The molecule has 4 heteroatoms. The summed E-state index contributed by atoms with van der Waals surface area (Å²) < 4.78 is 5.54. The summed E-state index contributed by atoms with van der Waals surface area (Å²) >= 11 is 0. The van der Waals surface area contributed by atoms with Crippen LogP contribution < -0.4 is 0 Å². The van der Waals surface area contributed by atoms with Gasteiger partial charge in [0, 0.05) is 6.61 Å². The fourth-order valence-electron chi connectivity index (χ4n) is 4.14. The number of likely N-dealkylation sites (tertiary alicyclic amines) is 1. The zero-order valence-electron chi connectivity index (χ0n) is 10.2. The molecule has 18 heavy (non-hydrogen) atoms. The maximum absolute atomic E-state index is 12.4. The molecule has 0 N–H and O–H groups in total. The van der Waals surface area contributed by atoms with Crippen LogP contribution in [-0.2, 0) is 14.3 Å². The number of carbonyl (C=O) groups excluding carboxylic acids is 2. The Morgan fingerprint density at radius 1 is 1.17 bits per heavy atom. The molecule has 5 atom stereocenters. The molecule has 0 aromatic heterocycles. The highest BCUT2D eigenvalue weighted by atomic mass is 16.5. The predicted octanol–water partition coefficient (Wildman–Crippen LogP) is 0.972. The van der Waals surface area contributed by atoms with Crippen LogP contribution >= 0.6 is 0 Å². The van der Waals surface area contributed by atoms with Gasteiger partial charge in [-0.15, -0.1) is 0 Å². The summed E-state index contributed by atoms with van der Waals surface area (Å²) in [5, 5.41) is 0. The number of carbonyl (C=O) groups is 2. The number of nitrogens with zero attached hydrogens (tertiary/aromatic N) is 1. The van der Waals surface area contributed by atoms with Crippen molar-refractivity contribution in [3.05, 3.63) is 12.2 Å². The SMILES string of the molecule is O=C1[C@@H]2[C@@H](C(=O)N1C[C@H]1CCCO1)[C@H]1C=C[C@H]2C1. The van der Waals surface area contributed by atoms with Crippen LogP contribution in [0.4, 0.5) is 0 Å². The second-order valence-electron chi connectivity index (χ2n) is 5.92. The van der Waals surface area contributed by atoms with Gasteiger partial charge in [-0.1, -0.05) is 12.2 Å². The first-order chi connectivity index (χ1) is 8.75. The van der Waals surface area contributed by atoms with E-state index in [-0.39, 0.29) is 29.8 Å². The van der Waals surface area contributed by atoms with E-state index in [1.165, 1.54) is 4.90 Å². The average molecular weight is 247 g/mol. The largest absolute Gasteiger partial charge is 0.376 e. The smallest absolute Gasteiger partial charge is 0.233 e. The zero-order chi connectivity index (χ0) is 12.3. The Morgan fingerprint density at radius 2 is 1.83 bits per heavy atom. The van der Waals surface area contributed by atoms with E-state index in [2.05, 4.69) is 12.2 Å². The minimum atomic E-state index is -0.0612. The van der Waals surface area contributed by atoms with Gasteiger partial charge in [-0.05, 0) is 31.1 Å². The van der Waals surface area contributed by atoms with Crippen LogP contribution in [0.1, 0.15) is 19.3 Å². The molecule has 4 aliphatic rings. The monoisotopic (exact) mass is 247 g/mol. The van der Waals surface area contributed by atoms with Crippen molar-refractivity contribution in [1.29, 1.82) is 0 Å². The highest BCUT2D eigenvalue weighted by Crippen LogP contribution is 2.52. The van der Waals surface area contributed by atoms with Crippen LogP contribution in [0.15, 0.2) is 12.2 Å². The fraction of sp³-hybridized carbons (Fsp3) is 0.714. The van der Waals surface area contributed by atoms with Gasteiger partial charge in [-0.2, -0.15) is 0 Å². The van der Waals surface area contributed by atoms with Crippen LogP contribution in [0.2, 0.25) is 0 Å². The van der Waals surface area contributed by atoms with Gasteiger partial charge in [0.15, 0.2) is 0 Å². The molecule has 0 radical (unpaired) electrons. The van der Waals surface area contributed by atoms with E-state index in [4.69, 9.17) is 4.74 Å². The van der Waals surface area contributed by atoms with E-state index in [9.17, 15) is 9.59 Å². The van der Waals surface area contributed by atoms with Crippen molar-refractivity contribution in [2.45, 2.75) is 25.4 Å². The van der Waals surface area contributed by atoms with Gasteiger partial charge in [0.1, 0.15) is 0 Å². The minimum absolute atomic E-state index is 0.0531. The number of fused-ring (bicyclic) bond motifs is 5. The molecule has 2 aliphatic heterocycles. The molecule has 0 unspecified atom stereocenters. The summed E-state index contributed by atoms with van der Waals surface area (Å²) in [5.74, 6) is 0.606. The number of imide groups is 1. The highest BCUT2D eigenvalue weighted by molar-refractivity contribution is 6.06. The zero-order valence-corrected chi connectivity index (χ0v) is 10.2. The number of hydrogen-bond donors (Lipinski definition) is 0. The third-order valence-electron chi connectivity index (χ3n) is 4.97. The Balaban J connectivity index is 1.56. The van der Waals surface area contributed by atoms with Crippen molar-refractivity contribution in [2.24, 2.45) is 23.7 Å². The molecular formula is C14H17NO3. The quantitative estimate of drug-likeness (QED) is 0.539. The van der Waals surface area contributed by atoms with Crippen LogP contribution in [-0.4, -0.2) is 36.0 Å². The molecule has 1 saturated carbocycles. The Morgan fingerprint density at radius 3 is 2.39 bits per heavy atom. The summed E-state index contributed by atoms with van der Waals surface area (Å²) in [6.45, 7) is 1.24. The van der Waals surface area contributed by atoms with E-state index < -0.39 is 0 Å². The normalized spacial score (nSPS) is 45.3. The summed E-state index contributed by atoms with van der Waals surface area (Å²) in [6, 6.07) is 0. The Kier molecular flexibility index (Phi) is 2.19. The van der Waals surface area contributed by atoms with Gasteiger partial charge >= 0.3 is 0 Å². The first kappa shape index (κ1) is 10.7. The summed E-state index contributed by atoms with van der Waals surface area (Å²) in [5.41, 5.74) is 0. The number of amides is 2. The lowest BCUT2D eigenvalue weighted by Gasteiger charge is -2.20. The molecule has 2 bridgehead atoms. The average Bonchev–Trinajstić information content (AvgIpc) is 3.10. The number of hydrogen-bond acceptors (Lipinski definition) is 3. The Hall–Kier alpha value is -1.16. The lowest BCUT2D eigenvalue weighted by atomic mass is 9.85. The second-order valence-corrected chi connectivity index (χ2v) is 5.92. The van der Waals surface area contributed by atoms with Crippen molar-refractivity contribution in [1.82, 2.24) is 4.90 Å². The van der Waals surface area contributed by atoms with Crippen molar-refractivity contribution in [2.75, 3.05) is 13.2 Å². The molecule has 2 heterocycles. The minimum Gasteiger partial charge on any atom is -0.376 e. The number of allylic oxidation sites excluding steroid dienone is 2. The van der Waals surface area contributed by atoms with E-state index in [1.807, 2.05) is 0 Å². The number of ether oxygens (including phenoxy) is 1. The third kappa shape index (κ3) is 1.30. The maximum Gasteiger partial charge on any atom is 0.233 e. The molecule has 0 aromatic carbocycles. The van der Waals surface area contributed by atoms with Crippen LogP contribution in [0, 0.1) is 23.7 Å². The van der Waals surface area contributed by atoms with Crippen molar-refractivity contribution >= 4 is 11.8 Å². The van der Waals surface area contributed by atoms with Crippen LogP contribution in [0.25, 0.3) is 0 Å². The standard InChI is InChI=1S/C14H17NO3/c16-13-11-8-3-4-9(6-8)12(11)14(17)15(13)7-10-2-1-5-18-10/h3-4,8-12H,1-2,5-7H2/t8-,9-,10+,11-,12-/m0/s1. The predicted molar refractivity (Wildman–Crippen MR) is 63.4 cm³/mol. The van der Waals surface area contributed by atoms with Gasteiger partial charge in [0.05, 0.1) is 24.5 Å². The molecule has 0 spiro atoms. The lowest BCUT2D eigenvalue weighted by Crippen LogP contribution is -2.38. The third-order valence-corrected chi connectivity index (χ3v) is 4.97. The van der Waals surface area contributed by atoms with E-state index >= 15 is 0 Å². The van der Waals surface area contributed by atoms with Crippen molar-refractivity contribution in [3.8, 4) is 0 Å². The van der Waals surface area contributed by atoms with Gasteiger partial charge in [0.2, 0.25) is 11.8 Å². The maximum atomic E-state index is 12.4.